The molecule has 110 valence electrons. The van der Waals surface area contributed by atoms with Gasteiger partial charge in [-0.25, -0.2) is 0 Å². The van der Waals surface area contributed by atoms with Crippen molar-refractivity contribution in [3.05, 3.63) is 0 Å². The van der Waals surface area contributed by atoms with Crippen LogP contribution < -0.4 is 5.32 Å². The predicted molar refractivity (Wildman–Crippen MR) is 67.5 cm³/mol. The maximum absolute atomic E-state index is 12.2. The summed E-state index contributed by atoms with van der Waals surface area (Å²) in [5, 5.41) is 12.7. The molecule has 1 aliphatic rings. The van der Waals surface area contributed by atoms with E-state index in [2.05, 4.69) is 11.4 Å². The van der Waals surface area contributed by atoms with Gasteiger partial charge in [0.2, 0.25) is 0 Å². The van der Waals surface area contributed by atoms with E-state index in [9.17, 15) is 18.4 Å². The SMILES string of the molecule is CC(C)NC(C#N)(CN(C)CCC(F)(F)F)C1CC1. The van der Waals surface area contributed by atoms with Gasteiger partial charge in [0, 0.05) is 19.1 Å². The average molecular weight is 277 g/mol. The van der Waals surface area contributed by atoms with Crippen molar-refractivity contribution in [2.75, 3.05) is 20.1 Å². The van der Waals surface area contributed by atoms with Gasteiger partial charge < -0.3 is 4.90 Å². The van der Waals surface area contributed by atoms with Crippen LogP contribution in [0.4, 0.5) is 13.2 Å². The largest absolute Gasteiger partial charge is 0.390 e. The number of rotatable bonds is 7. The van der Waals surface area contributed by atoms with Crippen molar-refractivity contribution in [2.45, 2.75) is 50.9 Å². The minimum Gasteiger partial charge on any atom is -0.303 e. The van der Waals surface area contributed by atoms with Crippen LogP contribution in [0.2, 0.25) is 0 Å². The Kier molecular flexibility index (Phi) is 5.22. The molecule has 0 amide bonds. The maximum atomic E-state index is 12.2. The van der Waals surface area contributed by atoms with E-state index in [4.69, 9.17) is 0 Å². The first-order chi connectivity index (χ1) is 8.68. The van der Waals surface area contributed by atoms with Gasteiger partial charge in [-0.1, -0.05) is 0 Å². The van der Waals surface area contributed by atoms with Gasteiger partial charge >= 0.3 is 6.18 Å². The van der Waals surface area contributed by atoms with E-state index in [-0.39, 0.29) is 18.5 Å². The van der Waals surface area contributed by atoms with Crippen LogP contribution in [0.25, 0.3) is 0 Å². The zero-order chi connectivity index (χ0) is 14.7. The maximum Gasteiger partial charge on any atom is 0.390 e. The van der Waals surface area contributed by atoms with E-state index >= 15 is 0 Å². The molecule has 0 aromatic heterocycles. The fourth-order valence-electron chi connectivity index (χ4n) is 2.37. The Morgan fingerprint density at radius 3 is 2.32 bits per heavy atom. The van der Waals surface area contributed by atoms with Crippen LogP contribution in [0, 0.1) is 17.2 Å². The van der Waals surface area contributed by atoms with Gasteiger partial charge in [0.25, 0.3) is 0 Å². The highest BCUT2D eigenvalue weighted by molar-refractivity contribution is 5.17. The molecule has 0 aliphatic heterocycles. The minimum atomic E-state index is -4.14. The molecule has 0 spiro atoms. The molecule has 0 radical (unpaired) electrons. The summed E-state index contributed by atoms with van der Waals surface area (Å²) in [6, 6.07) is 2.44. The molecular weight excluding hydrogens is 255 g/mol. The van der Waals surface area contributed by atoms with Crippen LogP contribution in [-0.2, 0) is 0 Å². The zero-order valence-electron chi connectivity index (χ0n) is 11.7. The Bertz CT molecular complexity index is 331. The Balaban J connectivity index is 2.60. The van der Waals surface area contributed by atoms with E-state index in [1.165, 1.54) is 0 Å². The van der Waals surface area contributed by atoms with E-state index in [1.54, 1.807) is 11.9 Å². The van der Waals surface area contributed by atoms with Crippen molar-refractivity contribution in [2.24, 2.45) is 5.92 Å². The first kappa shape index (κ1) is 16.3. The molecule has 1 aliphatic carbocycles. The van der Waals surface area contributed by atoms with Crippen molar-refractivity contribution in [3.63, 3.8) is 0 Å². The molecule has 0 aromatic carbocycles. The number of nitrogens with zero attached hydrogens (tertiary/aromatic N) is 2. The quantitative estimate of drug-likeness (QED) is 0.777. The van der Waals surface area contributed by atoms with E-state index in [1.807, 2.05) is 13.8 Å². The lowest BCUT2D eigenvalue weighted by Gasteiger charge is -2.34. The summed E-state index contributed by atoms with van der Waals surface area (Å²) in [6.07, 6.45) is -3.03. The molecular formula is C13H22F3N3. The van der Waals surface area contributed by atoms with Gasteiger partial charge in [0.1, 0.15) is 5.54 Å². The van der Waals surface area contributed by atoms with Crippen LogP contribution in [-0.4, -0.2) is 42.8 Å². The fraction of sp³-hybridized carbons (Fsp3) is 0.923. The van der Waals surface area contributed by atoms with Crippen LogP contribution in [0.5, 0.6) is 0 Å². The molecule has 1 unspecified atom stereocenters. The number of nitriles is 1. The molecule has 1 fully saturated rings. The molecule has 1 atom stereocenters. The minimum absolute atomic E-state index is 0.0700. The molecule has 0 bridgehead atoms. The summed E-state index contributed by atoms with van der Waals surface area (Å²) in [7, 11) is 1.64. The lowest BCUT2D eigenvalue weighted by atomic mass is 9.93. The second kappa shape index (κ2) is 6.10. The molecule has 1 rings (SSSR count). The van der Waals surface area contributed by atoms with Gasteiger partial charge in [0.05, 0.1) is 12.5 Å². The number of likely N-dealkylation sites (N-methyl/N-ethyl adjacent to an activating group) is 1. The van der Waals surface area contributed by atoms with Gasteiger partial charge in [-0.3, -0.25) is 5.32 Å². The van der Waals surface area contributed by atoms with Gasteiger partial charge in [0.15, 0.2) is 0 Å². The normalized spacial score (nSPS) is 19.5. The van der Waals surface area contributed by atoms with Gasteiger partial charge in [-0.15, -0.1) is 0 Å². The number of nitrogens with one attached hydrogen (secondary N) is 1. The third-order valence-corrected chi connectivity index (χ3v) is 3.32. The standard InChI is InChI=1S/C13H22F3N3/c1-10(2)18-12(8-17,11-4-5-11)9-19(3)7-6-13(14,15)16/h10-11,18H,4-7,9H2,1-3H3. The number of hydrogen-bond donors (Lipinski definition) is 1. The second-order valence-corrected chi connectivity index (χ2v) is 5.76. The van der Waals surface area contributed by atoms with Crippen LogP contribution in [0.3, 0.4) is 0 Å². The lowest BCUT2D eigenvalue weighted by molar-refractivity contribution is -0.137. The van der Waals surface area contributed by atoms with Crippen molar-refractivity contribution in [3.8, 4) is 6.07 Å². The van der Waals surface area contributed by atoms with Crippen LogP contribution in [0.15, 0.2) is 0 Å². The van der Waals surface area contributed by atoms with Gasteiger partial charge in [-0.2, -0.15) is 18.4 Å². The lowest BCUT2D eigenvalue weighted by Crippen LogP contribution is -2.56. The molecule has 1 N–H and O–H groups in total. The monoisotopic (exact) mass is 277 g/mol. The predicted octanol–water partition coefficient (Wildman–Crippen LogP) is 2.54. The van der Waals surface area contributed by atoms with E-state index in [0.717, 1.165) is 12.8 Å². The van der Waals surface area contributed by atoms with Gasteiger partial charge in [-0.05, 0) is 39.7 Å². The van der Waals surface area contributed by atoms with Crippen LogP contribution in [0.1, 0.15) is 33.1 Å². The second-order valence-electron chi connectivity index (χ2n) is 5.76. The topological polar surface area (TPSA) is 39.1 Å². The van der Waals surface area contributed by atoms with Crippen molar-refractivity contribution < 1.29 is 13.2 Å². The highest BCUT2D eigenvalue weighted by Crippen LogP contribution is 2.40. The summed E-state index contributed by atoms with van der Waals surface area (Å²) in [6.45, 7) is 4.16. The van der Waals surface area contributed by atoms with Crippen molar-refractivity contribution in [1.82, 2.24) is 10.2 Å². The first-order valence-corrected chi connectivity index (χ1v) is 6.63. The zero-order valence-corrected chi connectivity index (χ0v) is 11.7. The summed E-state index contributed by atoms with van der Waals surface area (Å²) in [5.41, 5.74) is -0.714. The molecule has 19 heavy (non-hydrogen) atoms. The Hall–Kier alpha value is -0.800. The van der Waals surface area contributed by atoms with Crippen molar-refractivity contribution >= 4 is 0 Å². The third kappa shape index (κ3) is 5.37. The highest BCUT2D eigenvalue weighted by Gasteiger charge is 2.46. The third-order valence-electron chi connectivity index (χ3n) is 3.32. The molecule has 0 saturated heterocycles. The summed E-state index contributed by atoms with van der Waals surface area (Å²) in [5.74, 6) is 0.258. The number of hydrogen-bond acceptors (Lipinski definition) is 3. The highest BCUT2D eigenvalue weighted by atomic mass is 19.4. The molecule has 3 nitrogen and oxygen atoms in total. The first-order valence-electron chi connectivity index (χ1n) is 6.63. The summed E-state index contributed by atoms with van der Waals surface area (Å²) < 4.78 is 36.6. The number of alkyl halides is 3. The summed E-state index contributed by atoms with van der Waals surface area (Å²) in [4.78, 5) is 1.60. The molecule has 0 aromatic rings. The van der Waals surface area contributed by atoms with E-state index in [0.29, 0.717) is 6.54 Å². The summed E-state index contributed by atoms with van der Waals surface area (Å²) >= 11 is 0. The average Bonchev–Trinajstić information content (AvgIpc) is 3.07. The fourth-order valence-corrected chi connectivity index (χ4v) is 2.37. The Morgan fingerprint density at radius 1 is 1.37 bits per heavy atom. The molecule has 6 heteroatoms. The molecule has 0 heterocycles. The Labute approximate surface area is 112 Å². The smallest absolute Gasteiger partial charge is 0.303 e. The molecule has 1 saturated carbocycles. The number of halogens is 3. The van der Waals surface area contributed by atoms with Crippen LogP contribution >= 0.6 is 0 Å². The Morgan fingerprint density at radius 2 is 1.95 bits per heavy atom. The van der Waals surface area contributed by atoms with Crippen molar-refractivity contribution in [1.29, 1.82) is 5.26 Å². The van der Waals surface area contributed by atoms with E-state index < -0.39 is 18.1 Å².